The van der Waals surface area contributed by atoms with Gasteiger partial charge in [-0.3, -0.25) is 10.1 Å². The predicted molar refractivity (Wildman–Crippen MR) is 63.8 cm³/mol. The van der Waals surface area contributed by atoms with Gasteiger partial charge in [-0.05, 0) is 25.1 Å². The van der Waals surface area contributed by atoms with Crippen molar-refractivity contribution in [3.8, 4) is 11.4 Å². The van der Waals surface area contributed by atoms with Gasteiger partial charge in [-0.2, -0.15) is 5.10 Å². The Morgan fingerprint density at radius 2 is 2.31 bits per heavy atom. The summed E-state index contributed by atoms with van der Waals surface area (Å²) in [7, 11) is 0. The molecule has 0 fully saturated rings. The predicted octanol–water partition coefficient (Wildman–Crippen LogP) is 1.97. The summed E-state index contributed by atoms with van der Waals surface area (Å²) in [4.78, 5) is 4.31. The van der Waals surface area contributed by atoms with Crippen molar-refractivity contribution in [3.63, 3.8) is 0 Å². The van der Waals surface area contributed by atoms with Crippen LogP contribution in [0.15, 0.2) is 30.6 Å². The number of hydrogen-bond donors (Lipinski definition) is 2. The van der Waals surface area contributed by atoms with E-state index in [2.05, 4.69) is 27.4 Å². The van der Waals surface area contributed by atoms with Crippen molar-refractivity contribution in [3.05, 3.63) is 36.2 Å². The molecule has 4 nitrogen and oxygen atoms in total. The van der Waals surface area contributed by atoms with Gasteiger partial charge < -0.3 is 5.32 Å². The lowest BCUT2D eigenvalue weighted by Crippen LogP contribution is -2.13. The lowest BCUT2D eigenvalue weighted by molar-refractivity contribution is 0.676. The topological polar surface area (TPSA) is 53.6 Å². The molecule has 0 saturated carbocycles. The summed E-state index contributed by atoms with van der Waals surface area (Å²) in [6.45, 7) is 4.01. The third-order valence-corrected chi connectivity index (χ3v) is 2.38. The fourth-order valence-electron chi connectivity index (χ4n) is 1.58. The van der Waals surface area contributed by atoms with E-state index in [1.165, 1.54) is 0 Å². The Kier molecular flexibility index (Phi) is 3.66. The van der Waals surface area contributed by atoms with Crippen molar-refractivity contribution >= 4 is 0 Å². The maximum absolute atomic E-state index is 4.31. The molecule has 0 unspecified atom stereocenters. The van der Waals surface area contributed by atoms with Crippen LogP contribution in [0.25, 0.3) is 11.4 Å². The van der Waals surface area contributed by atoms with Crippen molar-refractivity contribution < 1.29 is 0 Å². The summed E-state index contributed by atoms with van der Waals surface area (Å²) in [6.07, 6.45) is 4.78. The minimum atomic E-state index is 0.830. The molecular formula is C12H16N4. The fourth-order valence-corrected chi connectivity index (χ4v) is 1.58. The zero-order valence-electron chi connectivity index (χ0n) is 9.40. The van der Waals surface area contributed by atoms with Gasteiger partial charge in [0.1, 0.15) is 0 Å². The summed E-state index contributed by atoms with van der Waals surface area (Å²) in [5, 5.41) is 10.4. The molecule has 0 aliphatic rings. The van der Waals surface area contributed by atoms with Crippen LogP contribution in [0.3, 0.4) is 0 Å². The van der Waals surface area contributed by atoms with Crippen LogP contribution >= 0.6 is 0 Å². The van der Waals surface area contributed by atoms with E-state index in [0.717, 1.165) is 36.5 Å². The van der Waals surface area contributed by atoms with Gasteiger partial charge in [0.15, 0.2) is 0 Å². The zero-order valence-corrected chi connectivity index (χ0v) is 9.40. The highest BCUT2D eigenvalue weighted by molar-refractivity contribution is 5.57. The van der Waals surface area contributed by atoms with Crippen LogP contribution in [0.5, 0.6) is 0 Å². The molecule has 0 aliphatic heterocycles. The van der Waals surface area contributed by atoms with Crippen LogP contribution in [0, 0.1) is 0 Å². The number of H-pyrrole nitrogens is 1. The van der Waals surface area contributed by atoms with Crippen LogP contribution in [-0.2, 0) is 6.54 Å². The average molecular weight is 216 g/mol. The number of rotatable bonds is 5. The maximum Gasteiger partial charge on any atom is 0.0883 e. The van der Waals surface area contributed by atoms with E-state index in [9.17, 15) is 0 Å². The first-order valence-electron chi connectivity index (χ1n) is 5.56. The molecule has 2 N–H and O–H groups in total. The Labute approximate surface area is 95.1 Å². The third kappa shape index (κ3) is 2.46. The van der Waals surface area contributed by atoms with Gasteiger partial charge in [0.2, 0.25) is 0 Å². The van der Waals surface area contributed by atoms with Crippen molar-refractivity contribution in [1.82, 2.24) is 20.5 Å². The highest BCUT2D eigenvalue weighted by atomic mass is 15.1. The van der Waals surface area contributed by atoms with Crippen molar-refractivity contribution in [2.45, 2.75) is 19.9 Å². The Morgan fingerprint density at radius 3 is 3.06 bits per heavy atom. The number of nitrogens with zero attached hydrogens (tertiary/aromatic N) is 2. The highest BCUT2D eigenvalue weighted by Gasteiger charge is 2.07. The zero-order chi connectivity index (χ0) is 11.2. The van der Waals surface area contributed by atoms with Crippen LogP contribution in [-0.4, -0.2) is 21.7 Å². The number of nitrogens with one attached hydrogen (secondary N) is 2. The lowest BCUT2D eigenvalue weighted by atomic mass is 10.2. The van der Waals surface area contributed by atoms with Crippen LogP contribution in [0.4, 0.5) is 0 Å². The van der Waals surface area contributed by atoms with Crippen LogP contribution in [0.1, 0.15) is 18.9 Å². The fraction of sp³-hybridized carbons (Fsp3) is 0.333. The number of pyridine rings is 1. The molecule has 0 atom stereocenters. The molecule has 2 aromatic heterocycles. The molecule has 16 heavy (non-hydrogen) atoms. The van der Waals surface area contributed by atoms with Gasteiger partial charge in [-0.1, -0.05) is 13.0 Å². The number of aromatic nitrogens is 3. The first-order valence-corrected chi connectivity index (χ1v) is 5.56. The van der Waals surface area contributed by atoms with E-state index >= 15 is 0 Å². The second-order valence-corrected chi connectivity index (χ2v) is 3.66. The molecule has 0 bridgehead atoms. The van der Waals surface area contributed by atoms with E-state index < -0.39 is 0 Å². The van der Waals surface area contributed by atoms with Gasteiger partial charge >= 0.3 is 0 Å². The molecular weight excluding hydrogens is 200 g/mol. The van der Waals surface area contributed by atoms with Gasteiger partial charge in [-0.15, -0.1) is 0 Å². The molecule has 0 spiro atoms. The van der Waals surface area contributed by atoms with E-state index in [4.69, 9.17) is 0 Å². The minimum Gasteiger partial charge on any atom is -0.313 e. The second kappa shape index (κ2) is 5.42. The first kappa shape index (κ1) is 10.8. The SMILES string of the molecule is CCCNCc1cn[nH]c1-c1ccccn1. The minimum absolute atomic E-state index is 0.830. The van der Waals surface area contributed by atoms with Gasteiger partial charge in [-0.25, -0.2) is 0 Å². The first-order chi connectivity index (χ1) is 7.92. The van der Waals surface area contributed by atoms with E-state index in [-0.39, 0.29) is 0 Å². The monoisotopic (exact) mass is 216 g/mol. The molecule has 0 aromatic carbocycles. The van der Waals surface area contributed by atoms with Crippen molar-refractivity contribution in [1.29, 1.82) is 0 Å². The second-order valence-electron chi connectivity index (χ2n) is 3.66. The average Bonchev–Trinajstić information content (AvgIpc) is 2.79. The number of aromatic amines is 1. The highest BCUT2D eigenvalue weighted by Crippen LogP contribution is 2.17. The molecule has 0 saturated heterocycles. The molecule has 2 aromatic rings. The Hall–Kier alpha value is -1.68. The largest absolute Gasteiger partial charge is 0.313 e. The van der Waals surface area contributed by atoms with Crippen molar-refractivity contribution in [2.75, 3.05) is 6.54 Å². The third-order valence-electron chi connectivity index (χ3n) is 2.38. The Balaban J connectivity index is 2.13. The smallest absolute Gasteiger partial charge is 0.0883 e. The quantitative estimate of drug-likeness (QED) is 0.751. The number of hydrogen-bond acceptors (Lipinski definition) is 3. The van der Waals surface area contributed by atoms with E-state index in [1.54, 1.807) is 6.20 Å². The lowest BCUT2D eigenvalue weighted by Gasteiger charge is -2.03. The summed E-state index contributed by atoms with van der Waals surface area (Å²) < 4.78 is 0. The molecule has 0 aliphatic carbocycles. The molecule has 84 valence electrons. The van der Waals surface area contributed by atoms with E-state index in [0.29, 0.717) is 0 Å². The maximum atomic E-state index is 4.31. The van der Waals surface area contributed by atoms with E-state index in [1.807, 2.05) is 24.4 Å². The molecule has 2 rings (SSSR count). The molecule has 4 heteroatoms. The summed E-state index contributed by atoms with van der Waals surface area (Å²) in [5.41, 5.74) is 3.10. The molecule has 0 radical (unpaired) electrons. The molecule has 2 heterocycles. The van der Waals surface area contributed by atoms with Gasteiger partial charge in [0, 0.05) is 18.3 Å². The Bertz CT molecular complexity index is 422. The Morgan fingerprint density at radius 1 is 1.38 bits per heavy atom. The normalized spacial score (nSPS) is 10.6. The van der Waals surface area contributed by atoms with Crippen molar-refractivity contribution in [2.24, 2.45) is 0 Å². The van der Waals surface area contributed by atoms with Gasteiger partial charge in [0.05, 0.1) is 17.6 Å². The standard InChI is InChI=1S/C12H16N4/c1-2-6-13-8-10-9-15-16-12(10)11-5-3-4-7-14-11/h3-5,7,9,13H,2,6,8H2,1H3,(H,15,16). The summed E-state index contributed by atoms with van der Waals surface area (Å²) in [6, 6.07) is 5.87. The van der Waals surface area contributed by atoms with Gasteiger partial charge in [0.25, 0.3) is 0 Å². The summed E-state index contributed by atoms with van der Waals surface area (Å²) in [5.74, 6) is 0. The van der Waals surface area contributed by atoms with Crippen LogP contribution < -0.4 is 5.32 Å². The summed E-state index contributed by atoms with van der Waals surface area (Å²) >= 11 is 0. The molecule has 0 amide bonds. The van der Waals surface area contributed by atoms with Crippen LogP contribution in [0.2, 0.25) is 0 Å².